The van der Waals surface area contributed by atoms with Gasteiger partial charge in [0, 0.05) is 13.2 Å². The van der Waals surface area contributed by atoms with Gasteiger partial charge in [-0.1, -0.05) is 58.3 Å². The van der Waals surface area contributed by atoms with Gasteiger partial charge in [-0.2, -0.15) is 13.3 Å². The molecule has 0 atom stereocenters. The molecule has 0 amide bonds. The third kappa shape index (κ3) is 24.4. The molecule has 0 aliphatic carbocycles. The third-order valence-corrected chi connectivity index (χ3v) is 3.09. The van der Waals surface area contributed by atoms with E-state index in [4.69, 9.17) is 9.47 Å². The summed E-state index contributed by atoms with van der Waals surface area (Å²) < 4.78 is 10.8. The SMILES string of the molecule is C[CH-]CCCOCOCCCCCCCCCC.[I-].[Mg+2]. The minimum atomic E-state index is 0. The van der Waals surface area contributed by atoms with Gasteiger partial charge in [0.25, 0.3) is 0 Å². The molecule has 0 N–H and O–H groups in total. The van der Waals surface area contributed by atoms with Gasteiger partial charge in [0.2, 0.25) is 0 Å². The molecule has 0 unspecified atom stereocenters. The molecule has 0 fully saturated rings. The summed E-state index contributed by atoms with van der Waals surface area (Å²) in [7, 11) is 0. The van der Waals surface area contributed by atoms with E-state index in [1.54, 1.807) is 0 Å². The Morgan fingerprint density at radius 1 is 0.750 bits per heavy atom. The van der Waals surface area contributed by atoms with Crippen LogP contribution in [0.5, 0.6) is 0 Å². The van der Waals surface area contributed by atoms with E-state index in [9.17, 15) is 0 Å². The molecule has 118 valence electrons. The Hall–Kier alpha value is 1.42. The molecule has 0 aromatic heterocycles. The van der Waals surface area contributed by atoms with E-state index < -0.39 is 0 Å². The molecule has 0 aliphatic heterocycles. The topological polar surface area (TPSA) is 18.5 Å². The summed E-state index contributed by atoms with van der Waals surface area (Å²) in [5.74, 6) is 0. The molecule has 0 bridgehead atoms. The summed E-state index contributed by atoms with van der Waals surface area (Å²) in [6, 6.07) is 0. The van der Waals surface area contributed by atoms with E-state index >= 15 is 0 Å². The van der Waals surface area contributed by atoms with Crippen LogP contribution in [0.4, 0.5) is 0 Å². The Morgan fingerprint density at radius 2 is 1.25 bits per heavy atom. The maximum atomic E-state index is 5.43. The van der Waals surface area contributed by atoms with E-state index in [1.807, 2.05) is 0 Å². The van der Waals surface area contributed by atoms with Crippen molar-refractivity contribution < 1.29 is 33.5 Å². The molecule has 4 heteroatoms. The van der Waals surface area contributed by atoms with Crippen molar-refractivity contribution in [3.8, 4) is 0 Å². The summed E-state index contributed by atoms with van der Waals surface area (Å²) in [6.45, 7) is 6.50. The molecule has 0 radical (unpaired) electrons. The fraction of sp³-hybridized carbons (Fsp3) is 0.938. The smallest absolute Gasteiger partial charge is 1.00 e. The minimum Gasteiger partial charge on any atom is -1.00 e. The predicted molar refractivity (Wildman–Crippen MR) is 84.3 cm³/mol. The van der Waals surface area contributed by atoms with Crippen LogP contribution in [0.3, 0.4) is 0 Å². The molecule has 0 heterocycles. The van der Waals surface area contributed by atoms with E-state index in [0.717, 1.165) is 26.1 Å². The molecular weight excluding hydrogens is 375 g/mol. The number of unbranched alkanes of at least 4 members (excludes halogenated alkanes) is 9. The molecule has 20 heavy (non-hydrogen) atoms. The van der Waals surface area contributed by atoms with Crippen LogP contribution in [0.1, 0.15) is 78.1 Å². The summed E-state index contributed by atoms with van der Waals surface area (Å²) in [6.07, 6.45) is 15.2. The second-order valence-electron chi connectivity index (χ2n) is 4.96. The standard InChI is InChI=1S/C16H33O2.HI.Mg/c1-3-5-7-8-9-10-11-13-15-18-16-17-14-12-6-4-2;;/h4H,3,5-16H2,1-2H3;1H;/q-1;;+2/p-1. The zero-order chi connectivity index (χ0) is 13.3. The van der Waals surface area contributed by atoms with Gasteiger partial charge in [0.05, 0.1) is 0 Å². The van der Waals surface area contributed by atoms with E-state index in [1.165, 1.54) is 51.4 Å². The van der Waals surface area contributed by atoms with E-state index in [-0.39, 0.29) is 47.0 Å². The van der Waals surface area contributed by atoms with Crippen LogP contribution in [0.2, 0.25) is 0 Å². The Morgan fingerprint density at radius 3 is 1.80 bits per heavy atom. The van der Waals surface area contributed by atoms with Gasteiger partial charge in [0.1, 0.15) is 6.79 Å². The van der Waals surface area contributed by atoms with Gasteiger partial charge in [-0.05, 0) is 6.42 Å². The third-order valence-electron chi connectivity index (χ3n) is 3.09. The van der Waals surface area contributed by atoms with Crippen LogP contribution in [-0.2, 0) is 9.47 Å². The van der Waals surface area contributed by atoms with Crippen LogP contribution >= 0.6 is 0 Å². The molecule has 0 saturated heterocycles. The zero-order valence-corrected chi connectivity index (χ0v) is 17.2. The van der Waals surface area contributed by atoms with Crippen LogP contribution < -0.4 is 24.0 Å². The van der Waals surface area contributed by atoms with Crippen LogP contribution in [0.25, 0.3) is 0 Å². The maximum absolute atomic E-state index is 5.43. The number of hydrogen-bond donors (Lipinski definition) is 0. The van der Waals surface area contributed by atoms with E-state index in [2.05, 4.69) is 20.3 Å². The molecule has 0 rings (SSSR count). The Bertz CT molecular complexity index is 132. The summed E-state index contributed by atoms with van der Waals surface area (Å²) in [5.41, 5.74) is 0. The second-order valence-corrected chi connectivity index (χ2v) is 4.96. The van der Waals surface area contributed by atoms with Crippen LogP contribution in [0, 0.1) is 6.42 Å². The van der Waals surface area contributed by atoms with Gasteiger partial charge in [-0.15, -0.1) is 0 Å². The number of halogens is 1. The van der Waals surface area contributed by atoms with Crippen molar-refractivity contribution in [2.45, 2.75) is 78.1 Å². The van der Waals surface area contributed by atoms with Crippen molar-refractivity contribution in [1.82, 2.24) is 0 Å². The second kappa shape index (κ2) is 25.4. The van der Waals surface area contributed by atoms with Gasteiger partial charge >= 0.3 is 23.1 Å². The quantitative estimate of drug-likeness (QED) is 0.135. The monoisotopic (exact) mass is 408 g/mol. The summed E-state index contributed by atoms with van der Waals surface area (Å²) >= 11 is 0. The molecule has 2 nitrogen and oxygen atoms in total. The minimum absolute atomic E-state index is 0. The van der Waals surface area contributed by atoms with Crippen molar-refractivity contribution in [3.05, 3.63) is 6.42 Å². The van der Waals surface area contributed by atoms with Crippen molar-refractivity contribution in [1.29, 1.82) is 0 Å². The molecular formula is C16H33IMgO2. The van der Waals surface area contributed by atoms with Crippen molar-refractivity contribution in [3.63, 3.8) is 0 Å². The molecule has 0 spiro atoms. The summed E-state index contributed by atoms with van der Waals surface area (Å²) in [4.78, 5) is 0. The van der Waals surface area contributed by atoms with Gasteiger partial charge in [0.15, 0.2) is 0 Å². The Balaban J connectivity index is -0.00000144. The largest absolute Gasteiger partial charge is 2.00 e. The van der Waals surface area contributed by atoms with Crippen LogP contribution in [-0.4, -0.2) is 43.1 Å². The Labute approximate surface area is 160 Å². The fourth-order valence-electron chi connectivity index (χ4n) is 1.90. The molecule has 0 aromatic carbocycles. The number of rotatable bonds is 15. The normalized spacial score (nSPS) is 9.90. The average Bonchev–Trinajstić information content (AvgIpc) is 2.39. The first-order valence-corrected chi connectivity index (χ1v) is 7.85. The van der Waals surface area contributed by atoms with Gasteiger partial charge < -0.3 is 39.9 Å². The number of ether oxygens (including phenoxy) is 2. The molecule has 0 aromatic rings. The van der Waals surface area contributed by atoms with E-state index in [0.29, 0.717) is 6.79 Å². The van der Waals surface area contributed by atoms with Crippen molar-refractivity contribution in [2.75, 3.05) is 20.0 Å². The first kappa shape index (κ1) is 26.3. The predicted octanol–water partition coefficient (Wildman–Crippen LogP) is 1.75. The molecule has 0 aliphatic rings. The first-order chi connectivity index (χ1) is 8.91. The number of hydrogen-bond acceptors (Lipinski definition) is 2. The maximum Gasteiger partial charge on any atom is 2.00 e. The fourth-order valence-corrected chi connectivity index (χ4v) is 1.90. The first-order valence-electron chi connectivity index (χ1n) is 7.85. The van der Waals surface area contributed by atoms with Crippen molar-refractivity contribution >= 4 is 23.1 Å². The van der Waals surface area contributed by atoms with Gasteiger partial charge in [-0.25, -0.2) is 0 Å². The molecule has 0 saturated carbocycles. The Kier molecular flexibility index (Phi) is 33.4. The van der Waals surface area contributed by atoms with Crippen molar-refractivity contribution in [2.24, 2.45) is 0 Å². The van der Waals surface area contributed by atoms with Gasteiger partial charge in [-0.3, -0.25) is 0 Å². The average molecular weight is 409 g/mol. The summed E-state index contributed by atoms with van der Waals surface area (Å²) in [5, 5.41) is 0. The zero-order valence-electron chi connectivity index (χ0n) is 13.7. The van der Waals surface area contributed by atoms with Crippen LogP contribution in [0.15, 0.2) is 0 Å².